The minimum atomic E-state index is -0.297. The molecule has 0 aromatic carbocycles. The van der Waals surface area contributed by atoms with Crippen LogP contribution in [0.5, 0.6) is 0 Å². The highest BCUT2D eigenvalue weighted by atomic mass is 35.5. The average Bonchev–Trinajstić information content (AvgIpc) is 3.36. The van der Waals surface area contributed by atoms with Gasteiger partial charge in [0.05, 0.1) is 12.3 Å². The number of ether oxygens (including phenoxy) is 1. The van der Waals surface area contributed by atoms with Gasteiger partial charge in [-0.25, -0.2) is 14.8 Å². The molecule has 0 atom stereocenters. The summed E-state index contributed by atoms with van der Waals surface area (Å²) in [5, 5.41) is 6.39. The standard InChI is InChI=1S/C18H19ClN4O2S/c1-12-15(5-4-13-6-7-20-16(19)10-13)26-18(22-12)23-17(24)21-8-9-25-11-14-2-3-14/h6-7,10,14H,2-3,8-9,11H2,1H3,(H2,21,22,23,24). The Morgan fingerprint density at radius 3 is 3.08 bits per heavy atom. The van der Waals surface area contributed by atoms with Crippen molar-refractivity contribution in [2.24, 2.45) is 5.92 Å². The van der Waals surface area contributed by atoms with E-state index in [0.717, 1.165) is 28.7 Å². The second-order valence-electron chi connectivity index (χ2n) is 5.95. The molecule has 2 aromatic heterocycles. The number of carbonyl (C=O) groups is 1. The summed E-state index contributed by atoms with van der Waals surface area (Å²) in [5.74, 6) is 6.80. The van der Waals surface area contributed by atoms with E-state index in [-0.39, 0.29) is 6.03 Å². The van der Waals surface area contributed by atoms with Crippen LogP contribution in [-0.4, -0.2) is 35.8 Å². The van der Waals surface area contributed by atoms with Gasteiger partial charge in [-0.1, -0.05) is 28.9 Å². The Morgan fingerprint density at radius 2 is 2.31 bits per heavy atom. The molecule has 8 heteroatoms. The number of pyridine rings is 1. The third kappa shape index (κ3) is 5.99. The van der Waals surface area contributed by atoms with E-state index in [4.69, 9.17) is 16.3 Å². The first-order chi connectivity index (χ1) is 12.6. The van der Waals surface area contributed by atoms with Gasteiger partial charge in [-0.15, -0.1) is 0 Å². The first kappa shape index (κ1) is 18.6. The van der Waals surface area contributed by atoms with E-state index in [1.165, 1.54) is 24.2 Å². The molecule has 0 radical (unpaired) electrons. The average molecular weight is 391 g/mol. The van der Waals surface area contributed by atoms with Gasteiger partial charge in [0, 0.05) is 24.9 Å². The molecule has 2 N–H and O–H groups in total. The molecule has 0 aliphatic heterocycles. The Morgan fingerprint density at radius 1 is 1.46 bits per heavy atom. The van der Waals surface area contributed by atoms with Crippen LogP contribution in [-0.2, 0) is 4.74 Å². The lowest BCUT2D eigenvalue weighted by molar-refractivity contribution is 0.127. The van der Waals surface area contributed by atoms with Gasteiger partial charge in [-0.2, -0.15) is 0 Å². The molecule has 136 valence electrons. The summed E-state index contributed by atoms with van der Waals surface area (Å²) < 4.78 is 5.48. The summed E-state index contributed by atoms with van der Waals surface area (Å²) in [5.41, 5.74) is 1.54. The van der Waals surface area contributed by atoms with E-state index >= 15 is 0 Å². The fourth-order valence-electron chi connectivity index (χ4n) is 2.09. The fraction of sp³-hybridized carbons (Fsp3) is 0.389. The summed E-state index contributed by atoms with van der Waals surface area (Å²) in [6, 6.07) is 3.19. The van der Waals surface area contributed by atoms with Crippen molar-refractivity contribution in [2.45, 2.75) is 19.8 Å². The summed E-state index contributed by atoms with van der Waals surface area (Å²) in [4.78, 5) is 20.9. The van der Waals surface area contributed by atoms with Crippen LogP contribution in [0.3, 0.4) is 0 Å². The minimum Gasteiger partial charge on any atom is -0.379 e. The zero-order chi connectivity index (χ0) is 18.4. The van der Waals surface area contributed by atoms with Crippen LogP contribution in [0.15, 0.2) is 18.3 Å². The molecule has 2 heterocycles. The van der Waals surface area contributed by atoms with Crippen LogP contribution >= 0.6 is 22.9 Å². The maximum atomic E-state index is 11.9. The SMILES string of the molecule is Cc1nc(NC(=O)NCCOCC2CC2)sc1C#Cc1ccnc(Cl)c1. The van der Waals surface area contributed by atoms with Crippen molar-refractivity contribution in [3.05, 3.63) is 39.6 Å². The van der Waals surface area contributed by atoms with Crippen LogP contribution in [0.25, 0.3) is 0 Å². The number of urea groups is 1. The number of nitrogens with one attached hydrogen (secondary N) is 2. The predicted octanol–water partition coefficient (Wildman–Crippen LogP) is 3.45. The second-order valence-corrected chi connectivity index (χ2v) is 7.34. The Kier molecular flexibility index (Phi) is 6.45. The molecular formula is C18H19ClN4O2S. The van der Waals surface area contributed by atoms with Crippen molar-refractivity contribution in [3.63, 3.8) is 0 Å². The van der Waals surface area contributed by atoms with Gasteiger partial charge in [0.1, 0.15) is 10.0 Å². The van der Waals surface area contributed by atoms with E-state index in [1.807, 2.05) is 6.92 Å². The molecule has 3 rings (SSSR count). The smallest absolute Gasteiger partial charge is 0.321 e. The lowest BCUT2D eigenvalue weighted by Gasteiger charge is -2.05. The Balaban J connectivity index is 1.48. The van der Waals surface area contributed by atoms with Crippen molar-refractivity contribution in [1.29, 1.82) is 0 Å². The van der Waals surface area contributed by atoms with Crippen LogP contribution in [0, 0.1) is 24.7 Å². The molecular weight excluding hydrogens is 372 g/mol. The molecule has 0 saturated heterocycles. The van der Waals surface area contributed by atoms with Crippen molar-refractivity contribution in [1.82, 2.24) is 15.3 Å². The normalized spacial score (nSPS) is 13.0. The molecule has 0 bridgehead atoms. The molecule has 1 fully saturated rings. The van der Waals surface area contributed by atoms with E-state index in [1.54, 1.807) is 18.3 Å². The number of nitrogens with zero attached hydrogens (tertiary/aromatic N) is 2. The van der Waals surface area contributed by atoms with Gasteiger partial charge in [-0.05, 0) is 43.7 Å². The van der Waals surface area contributed by atoms with Crippen LogP contribution in [0.1, 0.15) is 29.0 Å². The second kappa shape index (κ2) is 8.99. The number of carbonyl (C=O) groups excluding carboxylic acids is 1. The number of thiazole rings is 1. The highest BCUT2D eigenvalue weighted by Gasteiger charge is 2.20. The number of amides is 2. The number of aromatic nitrogens is 2. The Hall–Kier alpha value is -2.14. The zero-order valence-electron chi connectivity index (χ0n) is 14.3. The number of hydrogen-bond acceptors (Lipinski definition) is 5. The molecule has 1 aliphatic rings. The number of hydrogen-bond donors (Lipinski definition) is 2. The maximum absolute atomic E-state index is 11.9. The van der Waals surface area contributed by atoms with Crippen LogP contribution in [0.4, 0.5) is 9.93 Å². The largest absolute Gasteiger partial charge is 0.379 e. The number of rotatable bonds is 6. The Bertz CT molecular complexity index is 839. The number of aryl methyl sites for hydroxylation is 1. The van der Waals surface area contributed by atoms with Gasteiger partial charge >= 0.3 is 6.03 Å². The first-order valence-corrected chi connectivity index (χ1v) is 9.53. The molecule has 1 saturated carbocycles. The van der Waals surface area contributed by atoms with Gasteiger partial charge < -0.3 is 10.1 Å². The molecule has 0 spiro atoms. The lowest BCUT2D eigenvalue weighted by atomic mass is 10.2. The molecule has 26 heavy (non-hydrogen) atoms. The van der Waals surface area contributed by atoms with E-state index in [2.05, 4.69) is 32.4 Å². The number of anilines is 1. The molecule has 1 aliphatic carbocycles. The lowest BCUT2D eigenvalue weighted by Crippen LogP contribution is -2.31. The first-order valence-electron chi connectivity index (χ1n) is 8.34. The molecule has 2 amide bonds. The van der Waals surface area contributed by atoms with Crippen molar-refractivity contribution in [3.8, 4) is 11.8 Å². The van der Waals surface area contributed by atoms with Crippen LogP contribution in [0.2, 0.25) is 5.15 Å². The van der Waals surface area contributed by atoms with Gasteiger partial charge in [0.2, 0.25) is 0 Å². The van der Waals surface area contributed by atoms with E-state index in [9.17, 15) is 4.79 Å². The highest BCUT2D eigenvalue weighted by molar-refractivity contribution is 7.16. The van der Waals surface area contributed by atoms with Gasteiger partial charge in [0.15, 0.2) is 5.13 Å². The van der Waals surface area contributed by atoms with Crippen molar-refractivity contribution in [2.75, 3.05) is 25.1 Å². The fourth-order valence-corrected chi connectivity index (χ4v) is 3.08. The number of halogens is 1. The van der Waals surface area contributed by atoms with Gasteiger partial charge in [-0.3, -0.25) is 5.32 Å². The molecule has 6 nitrogen and oxygen atoms in total. The van der Waals surface area contributed by atoms with Gasteiger partial charge in [0.25, 0.3) is 0 Å². The highest BCUT2D eigenvalue weighted by Crippen LogP contribution is 2.28. The summed E-state index contributed by atoms with van der Waals surface area (Å²) >= 11 is 7.18. The van der Waals surface area contributed by atoms with E-state index in [0.29, 0.717) is 23.4 Å². The molecule has 2 aromatic rings. The monoisotopic (exact) mass is 390 g/mol. The predicted molar refractivity (Wildman–Crippen MR) is 103 cm³/mol. The molecule has 0 unspecified atom stereocenters. The van der Waals surface area contributed by atoms with Crippen molar-refractivity contribution >= 4 is 34.1 Å². The quantitative estimate of drug-likeness (QED) is 0.450. The summed E-state index contributed by atoms with van der Waals surface area (Å²) in [6.07, 6.45) is 4.13. The maximum Gasteiger partial charge on any atom is 0.321 e. The van der Waals surface area contributed by atoms with Crippen molar-refractivity contribution < 1.29 is 9.53 Å². The third-order valence-corrected chi connectivity index (χ3v) is 4.84. The summed E-state index contributed by atoms with van der Waals surface area (Å²) in [6.45, 7) is 3.64. The zero-order valence-corrected chi connectivity index (χ0v) is 15.9. The Labute approximate surface area is 161 Å². The van der Waals surface area contributed by atoms with Crippen LogP contribution < -0.4 is 10.6 Å². The third-order valence-electron chi connectivity index (χ3n) is 3.65. The summed E-state index contributed by atoms with van der Waals surface area (Å²) in [7, 11) is 0. The topological polar surface area (TPSA) is 76.1 Å². The minimum absolute atomic E-state index is 0.297. The van der Waals surface area contributed by atoms with E-state index < -0.39 is 0 Å².